The van der Waals surface area contributed by atoms with Crippen LogP contribution in [0.3, 0.4) is 0 Å². The second kappa shape index (κ2) is 10.2. The van der Waals surface area contributed by atoms with E-state index in [4.69, 9.17) is 4.74 Å². The molecule has 190 valence electrons. The maximum absolute atomic E-state index is 12.9. The molecule has 2 unspecified atom stereocenters. The van der Waals surface area contributed by atoms with Crippen molar-refractivity contribution < 1.29 is 19.1 Å². The first-order chi connectivity index (χ1) is 17.4. The van der Waals surface area contributed by atoms with E-state index in [-0.39, 0.29) is 24.3 Å². The third-order valence-electron chi connectivity index (χ3n) is 7.16. The maximum Gasteiger partial charge on any atom is 0.255 e. The number of hydrogen-bond donors (Lipinski definition) is 1. The second-order valence-electron chi connectivity index (χ2n) is 9.94. The minimum Gasteiger partial charge on any atom is -0.492 e. The van der Waals surface area contributed by atoms with Crippen LogP contribution in [0.15, 0.2) is 30.6 Å². The van der Waals surface area contributed by atoms with Gasteiger partial charge < -0.3 is 14.5 Å². The molecule has 5 rings (SSSR count). The Labute approximate surface area is 210 Å². The Morgan fingerprint density at radius 3 is 2.67 bits per heavy atom. The van der Waals surface area contributed by atoms with Crippen LogP contribution in [-0.4, -0.2) is 76.8 Å². The molecule has 10 heteroatoms. The van der Waals surface area contributed by atoms with Gasteiger partial charge >= 0.3 is 0 Å². The highest BCUT2D eigenvalue weighted by Gasteiger charge is 2.39. The summed E-state index contributed by atoms with van der Waals surface area (Å²) in [5, 5.41) is 2.34. The van der Waals surface area contributed by atoms with Gasteiger partial charge in [-0.25, -0.2) is 9.97 Å². The molecule has 3 aliphatic rings. The minimum atomic E-state index is -0.612. The van der Waals surface area contributed by atoms with Crippen LogP contribution in [-0.2, 0) is 22.7 Å². The van der Waals surface area contributed by atoms with Gasteiger partial charge in [0, 0.05) is 63.2 Å². The molecule has 2 aromatic rings. The number of nitrogens with zero attached hydrogens (tertiary/aromatic N) is 5. The Morgan fingerprint density at radius 2 is 1.92 bits per heavy atom. The molecule has 1 N–H and O–H groups in total. The molecule has 0 radical (unpaired) electrons. The fourth-order valence-corrected chi connectivity index (χ4v) is 5.18. The van der Waals surface area contributed by atoms with Crippen LogP contribution in [0.5, 0.6) is 5.75 Å². The fraction of sp³-hybridized carbons (Fsp3) is 0.500. The molecule has 0 bridgehead atoms. The Bertz CT molecular complexity index is 1150. The number of aromatic nitrogens is 2. The number of amides is 3. The van der Waals surface area contributed by atoms with E-state index >= 15 is 0 Å². The molecule has 2 atom stereocenters. The van der Waals surface area contributed by atoms with E-state index in [0.29, 0.717) is 31.1 Å². The van der Waals surface area contributed by atoms with Crippen LogP contribution in [0.1, 0.15) is 53.6 Å². The number of nitrogens with one attached hydrogen (secondary N) is 1. The van der Waals surface area contributed by atoms with E-state index in [0.717, 1.165) is 42.8 Å². The molecule has 10 nitrogen and oxygen atoms in total. The van der Waals surface area contributed by atoms with Crippen molar-refractivity contribution in [2.75, 3.05) is 32.1 Å². The lowest BCUT2D eigenvalue weighted by molar-refractivity contribution is -0.136. The van der Waals surface area contributed by atoms with E-state index in [1.54, 1.807) is 11.0 Å². The zero-order chi connectivity index (χ0) is 25.2. The first kappa shape index (κ1) is 24.2. The second-order valence-corrected chi connectivity index (χ2v) is 9.94. The van der Waals surface area contributed by atoms with Crippen LogP contribution >= 0.6 is 0 Å². The highest BCUT2D eigenvalue weighted by molar-refractivity contribution is 6.05. The fourth-order valence-electron chi connectivity index (χ4n) is 5.18. The summed E-state index contributed by atoms with van der Waals surface area (Å²) in [5.41, 5.74) is 2.52. The van der Waals surface area contributed by atoms with Crippen LogP contribution in [0.4, 0.5) is 5.95 Å². The Balaban J connectivity index is 1.21. The lowest BCUT2D eigenvalue weighted by Crippen LogP contribution is -2.52. The third kappa shape index (κ3) is 5.04. The van der Waals surface area contributed by atoms with Gasteiger partial charge in [-0.15, -0.1) is 0 Å². The average Bonchev–Trinajstić information content (AvgIpc) is 3.19. The van der Waals surface area contributed by atoms with E-state index in [2.05, 4.69) is 20.2 Å². The first-order valence-electron chi connectivity index (χ1n) is 12.5. The highest BCUT2D eigenvalue weighted by Crippen LogP contribution is 2.30. The first-order valence-corrected chi connectivity index (χ1v) is 12.5. The molecule has 3 amide bonds. The summed E-state index contributed by atoms with van der Waals surface area (Å²) in [6, 6.07) is 5.17. The SMILES string of the molecule is CN(C)c1ncc(CN2CCCCC2COc2ccc3c(c2)CN(C2CCC(=O)NC2=O)C3=O)cn1. The van der Waals surface area contributed by atoms with E-state index in [1.165, 1.54) is 6.42 Å². The van der Waals surface area contributed by atoms with E-state index in [1.807, 2.05) is 43.5 Å². The molecule has 4 heterocycles. The number of imide groups is 1. The number of ether oxygens (including phenoxy) is 1. The molecular formula is C26H32N6O4. The molecular weight excluding hydrogens is 460 g/mol. The summed E-state index contributed by atoms with van der Waals surface area (Å²) in [7, 11) is 3.85. The number of benzene rings is 1. The zero-order valence-corrected chi connectivity index (χ0v) is 20.8. The summed E-state index contributed by atoms with van der Waals surface area (Å²) >= 11 is 0. The summed E-state index contributed by atoms with van der Waals surface area (Å²) in [5.74, 6) is 0.556. The molecule has 0 spiro atoms. The number of hydrogen-bond acceptors (Lipinski definition) is 8. The molecule has 1 aromatic heterocycles. The number of likely N-dealkylation sites (tertiary alicyclic amines) is 1. The van der Waals surface area contributed by atoms with E-state index in [9.17, 15) is 14.4 Å². The van der Waals surface area contributed by atoms with Crippen molar-refractivity contribution in [2.24, 2.45) is 0 Å². The smallest absolute Gasteiger partial charge is 0.255 e. The molecule has 2 saturated heterocycles. The molecule has 0 saturated carbocycles. The van der Waals surface area contributed by atoms with Gasteiger partial charge in [0.2, 0.25) is 17.8 Å². The number of rotatable bonds is 7. The Kier molecular flexibility index (Phi) is 6.86. The Morgan fingerprint density at radius 1 is 1.11 bits per heavy atom. The van der Waals surface area contributed by atoms with Crippen molar-refractivity contribution in [1.29, 1.82) is 0 Å². The van der Waals surface area contributed by atoms with Crippen LogP contribution in [0, 0.1) is 0 Å². The zero-order valence-electron chi connectivity index (χ0n) is 20.8. The molecule has 3 aliphatic heterocycles. The minimum absolute atomic E-state index is 0.174. The number of carbonyl (C=O) groups excluding carboxylic acids is 3. The lowest BCUT2D eigenvalue weighted by atomic mass is 10.0. The van der Waals surface area contributed by atoms with Crippen molar-refractivity contribution in [2.45, 2.75) is 57.3 Å². The van der Waals surface area contributed by atoms with Gasteiger partial charge in [-0.1, -0.05) is 6.42 Å². The number of piperidine rings is 2. The van der Waals surface area contributed by atoms with Gasteiger partial charge in [0.25, 0.3) is 5.91 Å². The molecule has 2 fully saturated rings. The van der Waals surface area contributed by atoms with Gasteiger partial charge in [0.05, 0.1) is 0 Å². The van der Waals surface area contributed by atoms with Crippen molar-refractivity contribution in [3.8, 4) is 5.75 Å². The maximum atomic E-state index is 12.9. The summed E-state index contributed by atoms with van der Waals surface area (Å²) in [4.78, 5) is 51.4. The number of carbonyl (C=O) groups is 3. The quantitative estimate of drug-likeness (QED) is 0.583. The summed E-state index contributed by atoms with van der Waals surface area (Å²) < 4.78 is 6.21. The molecule has 0 aliphatic carbocycles. The van der Waals surface area contributed by atoms with Crippen LogP contribution in [0.25, 0.3) is 0 Å². The van der Waals surface area contributed by atoms with Gasteiger partial charge in [-0.2, -0.15) is 0 Å². The summed E-state index contributed by atoms with van der Waals surface area (Å²) in [6.07, 6.45) is 7.76. The van der Waals surface area contributed by atoms with Gasteiger partial charge in [-0.3, -0.25) is 24.6 Å². The van der Waals surface area contributed by atoms with E-state index < -0.39 is 11.9 Å². The van der Waals surface area contributed by atoms with Crippen molar-refractivity contribution in [3.05, 3.63) is 47.3 Å². The lowest BCUT2D eigenvalue weighted by Gasteiger charge is -2.35. The molecule has 1 aromatic carbocycles. The highest BCUT2D eigenvalue weighted by atomic mass is 16.5. The average molecular weight is 493 g/mol. The van der Waals surface area contributed by atoms with Crippen molar-refractivity contribution in [1.82, 2.24) is 25.1 Å². The molecule has 36 heavy (non-hydrogen) atoms. The van der Waals surface area contributed by atoms with Gasteiger partial charge in [0.1, 0.15) is 18.4 Å². The van der Waals surface area contributed by atoms with Gasteiger partial charge in [0.15, 0.2) is 0 Å². The predicted octanol–water partition coefficient (Wildman–Crippen LogP) is 1.74. The largest absolute Gasteiger partial charge is 0.492 e. The van der Waals surface area contributed by atoms with Crippen molar-refractivity contribution in [3.63, 3.8) is 0 Å². The van der Waals surface area contributed by atoms with Crippen LogP contribution < -0.4 is 15.0 Å². The van der Waals surface area contributed by atoms with Crippen LogP contribution in [0.2, 0.25) is 0 Å². The normalized spacial score (nSPS) is 22.4. The van der Waals surface area contributed by atoms with Crippen molar-refractivity contribution >= 4 is 23.7 Å². The number of anilines is 1. The summed E-state index contributed by atoms with van der Waals surface area (Å²) in [6.45, 7) is 2.68. The van der Waals surface area contributed by atoms with Gasteiger partial charge in [-0.05, 0) is 49.6 Å². The predicted molar refractivity (Wildman–Crippen MR) is 132 cm³/mol. The topological polar surface area (TPSA) is 108 Å². The standard InChI is InChI=1S/C26H32N6O4/c1-30(2)26-27-12-17(13-28-26)14-31-10-4-3-5-19(31)16-36-20-6-7-21-18(11-20)15-32(25(21)35)22-8-9-23(33)29-24(22)34/h6-7,11-13,19,22H,3-5,8-10,14-16H2,1-2H3,(H,29,33,34). The third-order valence-corrected chi connectivity index (χ3v) is 7.16. The monoisotopic (exact) mass is 492 g/mol. The Hall–Kier alpha value is -3.53. The number of fused-ring (bicyclic) bond motifs is 1.